The Balaban J connectivity index is 1.88. The molecular weight excluding hydrogens is 250 g/mol. The Kier molecular flexibility index (Phi) is 2.45. The van der Waals surface area contributed by atoms with Crippen LogP contribution in [0.4, 0.5) is 0 Å². The molecule has 0 fully saturated rings. The summed E-state index contributed by atoms with van der Waals surface area (Å²) >= 11 is 0. The second-order valence-electron chi connectivity index (χ2n) is 5.10. The molecule has 0 radical (unpaired) electrons. The number of hydrogen-bond acceptors (Lipinski definition) is 3. The minimum absolute atomic E-state index is 0.0670. The Labute approximate surface area is 116 Å². The molecule has 0 saturated heterocycles. The van der Waals surface area contributed by atoms with Gasteiger partial charge in [0, 0.05) is 18.8 Å². The minimum Gasteiger partial charge on any atom is -0.281 e. The lowest BCUT2D eigenvalue weighted by Gasteiger charge is -2.21. The van der Waals surface area contributed by atoms with Crippen LogP contribution in [0.15, 0.2) is 42.7 Å². The molecule has 0 amide bonds. The van der Waals surface area contributed by atoms with Crippen molar-refractivity contribution >= 4 is 0 Å². The number of rotatable bonds is 2. The molecule has 3 aromatic rings. The van der Waals surface area contributed by atoms with E-state index in [1.807, 2.05) is 16.9 Å². The maximum Gasteiger partial charge on any atom is 0.162 e. The van der Waals surface area contributed by atoms with E-state index >= 15 is 0 Å². The molecule has 0 bridgehead atoms. The van der Waals surface area contributed by atoms with Crippen molar-refractivity contribution in [1.29, 1.82) is 0 Å². The molecule has 1 aliphatic rings. The molecule has 1 aliphatic heterocycles. The van der Waals surface area contributed by atoms with E-state index < -0.39 is 0 Å². The lowest BCUT2D eigenvalue weighted by Crippen LogP contribution is -2.18. The minimum atomic E-state index is 0.0670. The van der Waals surface area contributed by atoms with E-state index in [2.05, 4.69) is 51.1 Å². The van der Waals surface area contributed by atoms with Crippen LogP contribution < -0.4 is 0 Å². The SMILES string of the molecule is CC(c1nnc2n1-c1ccccc1CC2)n1cccn1. The zero-order valence-electron chi connectivity index (χ0n) is 11.3. The molecule has 0 spiro atoms. The van der Waals surface area contributed by atoms with Crippen LogP contribution in [0, 0.1) is 0 Å². The first kappa shape index (κ1) is 11.4. The zero-order valence-corrected chi connectivity index (χ0v) is 11.3. The molecule has 1 atom stereocenters. The van der Waals surface area contributed by atoms with Crippen LogP contribution in [0.25, 0.3) is 5.69 Å². The fraction of sp³-hybridized carbons (Fsp3) is 0.267. The van der Waals surface area contributed by atoms with Crippen molar-refractivity contribution in [2.75, 3.05) is 0 Å². The maximum absolute atomic E-state index is 4.40. The summed E-state index contributed by atoms with van der Waals surface area (Å²) in [5.41, 5.74) is 2.56. The van der Waals surface area contributed by atoms with E-state index in [1.54, 1.807) is 6.20 Å². The van der Waals surface area contributed by atoms with Gasteiger partial charge in [-0.2, -0.15) is 5.10 Å². The first-order valence-corrected chi connectivity index (χ1v) is 6.86. The topological polar surface area (TPSA) is 48.5 Å². The van der Waals surface area contributed by atoms with Crippen molar-refractivity contribution in [1.82, 2.24) is 24.5 Å². The molecule has 100 valence electrons. The van der Waals surface area contributed by atoms with Crippen molar-refractivity contribution in [3.8, 4) is 5.69 Å². The molecule has 1 unspecified atom stereocenters. The van der Waals surface area contributed by atoms with Gasteiger partial charge in [0.25, 0.3) is 0 Å². The van der Waals surface area contributed by atoms with Gasteiger partial charge in [-0.3, -0.25) is 9.25 Å². The third-order valence-electron chi connectivity index (χ3n) is 3.90. The van der Waals surface area contributed by atoms with E-state index in [0.29, 0.717) is 0 Å². The van der Waals surface area contributed by atoms with E-state index in [0.717, 1.165) is 24.5 Å². The lowest BCUT2D eigenvalue weighted by molar-refractivity contribution is 0.525. The summed E-state index contributed by atoms with van der Waals surface area (Å²) in [6.07, 6.45) is 5.72. The summed E-state index contributed by atoms with van der Waals surface area (Å²) in [5, 5.41) is 13.1. The highest BCUT2D eigenvalue weighted by Gasteiger charge is 2.24. The summed E-state index contributed by atoms with van der Waals surface area (Å²) in [7, 11) is 0. The molecule has 3 heterocycles. The molecule has 0 N–H and O–H groups in total. The largest absolute Gasteiger partial charge is 0.281 e. The van der Waals surface area contributed by atoms with Crippen LogP contribution in [0.1, 0.15) is 30.2 Å². The second-order valence-corrected chi connectivity index (χ2v) is 5.10. The number of nitrogens with zero attached hydrogens (tertiary/aromatic N) is 5. The third-order valence-corrected chi connectivity index (χ3v) is 3.90. The van der Waals surface area contributed by atoms with Gasteiger partial charge < -0.3 is 0 Å². The first-order chi connectivity index (χ1) is 9.84. The molecular formula is C15H15N5. The standard InChI is InChI=1S/C15H15N5/c1-11(19-10-4-9-16-19)15-18-17-14-8-7-12-5-2-3-6-13(12)20(14)15/h2-6,9-11H,7-8H2,1H3. The Bertz CT molecular complexity index is 741. The van der Waals surface area contributed by atoms with Crippen molar-refractivity contribution in [2.24, 2.45) is 0 Å². The third kappa shape index (κ3) is 1.59. The van der Waals surface area contributed by atoms with Gasteiger partial charge in [0.15, 0.2) is 5.82 Å². The number of hydrogen-bond donors (Lipinski definition) is 0. The molecule has 0 saturated carbocycles. The fourth-order valence-corrected chi connectivity index (χ4v) is 2.84. The van der Waals surface area contributed by atoms with Gasteiger partial charge in [0.1, 0.15) is 11.9 Å². The van der Waals surface area contributed by atoms with Crippen LogP contribution in [0.5, 0.6) is 0 Å². The molecule has 0 aliphatic carbocycles. The second kappa shape index (κ2) is 4.30. The Hall–Kier alpha value is -2.43. The smallest absolute Gasteiger partial charge is 0.162 e. The van der Waals surface area contributed by atoms with Gasteiger partial charge in [-0.05, 0) is 31.0 Å². The molecule has 4 rings (SSSR count). The van der Waals surface area contributed by atoms with Gasteiger partial charge >= 0.3 is 0 Å². The van der Waals surface area contributed by atoms with E-state index in [9.17, 15) is 0 Å². The van der Waals surface area contributed by atoms with Crippen molar-refractivity contribution < 1.29 is 0 Å². The summed E-state index contributed by atoms with van der Waals surface area (Å²) in [4.78, 5) is 0. The fourth-order valence-electron chi connectivity index (χ4n) is 2.84. The van der Waals surface area contributed by atoms with Gasteiger partial charge in [-0.25, -0.2) is 0 Å². The summed E-state index contributed by atoms with van der Waals surface area (Å²) in [5.74, 6) is 1.98. The highest BCUT2D eigenvalue weighted by atomic mass is 15.4. The number of aromatic nitrogens is 5. The monoisotopic (exact) mass is 265 g/mol. The molecule has 1 aromatic carbocycles. The summed E-state index contributed by atoms with van der Waals surface area (Å²) in [6.45, 7) is 2.10. The molecule has 5 nitrogen and oxygen atoms in total. The van der Waals surface area contributed by atoms with Gasteiger partial charge in [0.05, 0.1) is 5.69 Å². The van der Waals surface area contributed by atoms with Crippen LogP contribution in [-0.2, 0) is 12.8 Å². The van der Waals surface area contributed by atoms with E-state index in [1.165, 1.54) is 11.3 Å². The number of aryl methyl sites for hydroxylation is 2. The van der Waals surface area contributed by atoms with Crippen LogP contribution in [-0.4, -0.2) is 24.5 Å². The highest BCUT2D eigenvalue weighted by molar-refractivity contribution is 5.45. The van der Waals surface area contributed by atoms with Crippen LogP contribution >= 0.6 is 0 Å². The molecule has 20 heavy (non-hydrogen) atoms. The average molecular weight is 265 g/mol. The Morgan fingerprint density at radius 1 is 1.10 bits per heavy atom. The summed E-state index contributed by atoms with van der Waals surface area (Å²) < 4.78 is 4.10. The maximum atomic E-state index is 4.40. The molecule has 5 heteroatoms. The van der Waals surface area contributed by atoms with E-state index in [-0.39, 0.29) is 6.04 Å². The number of fused-ring (bicyclic) bond motifs is 3. The zero-order chi connectivity index (χ0) is 13.5. The lowest BCUT2D eigenvalue weighted by atomic mass is 10.0. The average Bonchev–Trinajstić information content (AvgIpc) is 3.16. The van der Waals surface area contributed by atoms with Crippen molar-refractivity contribution in [2.45, 2.75) is 25.8 Å². The van der Waals surface area contributed by atoms with E-state index in [4.69, 9.17) is 0 Å². The molecule has 2 aromatic heterocycles. The predicted octanol–water partition coefficient (Wildman–Crippen LogP) is 2.17. The van der Waals surface area contributed by atoms with Gasteiger partial charge in [0.2, 0.25) is 0 Å². The van der Waals surface area contributed by atoms with Gasteiger partial charge in [-0.1, -0.05) is 18.2 Å². The van der Waals surface area contributed by atoms with Crippen molar-refractivity contribution in [3.63, 3.8) is 0 Å². The Morgan fingerprint density at radius 2 is 2.00 bits per heavy atom. The normalized spacial score (nSPS) is 14.7. The van der Waals surface area contributed by atoms with Gasteiger partial charge in [-0.15, -0.1) is 10.2 Å². The highest BCUT2D eigenvalue weighted by Crippen LogP contribution is 2.28. The Morgan fingerprint density at radius 3 is 2.85 bits per heavy atom. The predicted molar refractivity (Wildman–Crippen MR) is 74.8 cm³/mol. The number of para-hydroxylation sites is 1. The quantitative estimate of drug-likeness (QED) is 0.713. The summed E-state index contributed by atoms with van der Waals surface area (Å²) in [6, 6.07) is 10.5. The number of benzene rings is 1. The first-order valence-electron chi connectivity index (χ1n) is 6.86. The van der Waals surface area contributed by atoms with Crippen molar-refractivity contribution in [3.05, 3.63) is 59.9 Å². The van der Waals surface area contributed by atoms with Crippen LogP contribution in [0.2, 0.25) is 0 Å². The van der Waals surface area contributed by atoms with Crippen LogP contribution in [0.3, 0.4) is 0 Å².